The van der Waals surface area contributed by atoms with Crippen LogP contribution in [0.1, 0.15) is 51.1 Å². The average molecular weight is 234 g/mol. The molecule has 17 heavy (non-hydrogen) atoms. The molecule has 1 aromatic carbocycles. The fourth-order valence-corrected chi connectivity index (χ4v) is 2.43. The maximum Gasteiger partial charge on any atom is 0.336 e. The summed E-state index contributed by atoms with van der Waals surface area (Å²) < 4.78 is 0. The lowest BCUT2D eigenvalue weighted by atomic mass is 9.87. The van der Waals surface area contributed by atoms with Crippen LogP contribution in [-0.2, 0) is 12.8 Å². The van der Waals surface area contributed by atoms with Gasteiger partial charge in [0.25, 0.3) is 0 Å². The topological polar surface area (TPSA) is 74.6 Å². The van der Waals surface area contributed by atoms with Gasteiger partial charge in [0.1, 0.15) is 0 Å². The molecule has 4 nitrogen and oxygen atoms in total. The molecule has 0 spiro atoms. The van der Waals surface area contributed by atoms with E-state index in [9.17, 15) is 14.7 Å². The van der Waals surface area contributed by atoms with Gasteiger partial charge < -0.3 is 10.2 Å². The van der Waals surface area contributed by atoms with Crippen LogP contribution in [-0.4, -0.2) is 22.2 Å². The number of fused-ring (bicyclic) bond motifs is 2. The van der Waals surface area contributed by atoms with E-state index in [2.05, 4.69) is 0 Å². The van der Waals surface area contributed by atoms with Crippen molar-refractivity contribution in [2.45, 2.75) is 32.1 Å². The largest absolute Gasteiger partial charge is 0.478 e. The van der Waals surface area contributed by atoms with Gasteiger partial charge in [-0.25, -0.2) is 9.59 Å². The molecular formula is C13H14O4. The molecule has 0 aliphatic heterocycles. The molecule has 4 heteroatoms. The standard InChI is InChI=1S/C13H14O4/c14-12(15)10-7-6-8-4-2-1-3-5-9(10)11(8)13(16)17/h6-7H,1-5H2,(H,14,15)(H,16,17). The molecule has 1 aliphatic rings. The van der Waals surface area contributed by atoms with Crippen LogP contribution in [0.15, 0.2) is 12.1 Å². The number of aryl methyl sites for hydroxylation is 1. The smallest absolute Gasteiger partial charge is 0.336 e. The molecule has 0 saturated heterocycles. The minimum Gasteiger partial charge on any atom is -0.478 e. The van der Waals surface area contributed by atoms with Gasteiger partial charge in [-0.1, -0.05) is 12.5 Å². The van der Waals surface area contributed by atoms with Gasteiger partial charge in [0.2, 0.25) is 0 Å². The zero-order valence-corrected chi connectivity index (χ0v) is 9.40. The number of aromatic carboxylic acids is 2. The molecule has 0 saturated carbocycles. The lowest BCUT2D eigenvalue weighted by Gasteiger charge is -2.17. The van der Waals surface area contributed by atoms with Crippen molar-refractivity contribution in [2.24, 2.45) is 0 Å². The van der Waals surface area contributed by atoms with E-state index >= 15 is 0 Å². The lowest BCUT2D eigenvalue weighted by molar-refractivity contribution is 0.0694. The summed E-state index contributed by atoms with van der Waals surface area (Å²) in [5, 5.41) is 18.3. The fourth-order valence-electron chi connectivity index (χ4n) is 2.43. The van der Waals surface area contributed by atoms with Crippen molar-refractivity contribution < 1.29 is 19.8 Å². The third kappa shape index (κ3) is 2.16. The fraction of sp³-hybridized carbons (Fsp3) is 0.385. The van der Waals surface area contributed by atoms with Crippen LogP contribution in [0, 0.1) is 0 Å². The molecule has 90 valence electrons. The Balaban J connectivity index is 2.66. The van der Waals surface area contributed by atoms with Crippen LogP contribution in [0.25, 0.3) is 0 Å². The highest BCUT2D eigenvalue weighted by Crippen LogP contribution is 2.26. The average Bonchev–Trinajstić information content (AvgIpc) is 2.25. The van der Waals surface area contributed by atoms with Gasteiger partial charge >= 0.3 is 11.9 Å². The minimum atomic E-state index is -1.05. The number of hydrogen-bond donors (Lipinski definition) is 2. The molecule has 1 aromatic rings. The number of carboxylic acid groups (broad SMARTS) is 2. The van der Waals surface area contributed by atoms with Crippen LogP contribution >= 0.6 is 0 Å². The maximum atomic E-state index is 11.3. The van der Waals surface area contributed by atoms with E-state index in [0.717, 1.165) is 24.8 Å². The normalized spacial score (nSPS) is 14.8. The first kappa shape index (κ1) is 11.6. The number of hydrogen-bond acceptors (Lipinski definition) is 2. The van der Waals surface area contributed by atoms with E-state index in [4.69, 9.17) is 5.11 Å². The van der Waals surface area contributed by atoms with Gasteiger partial charge in [0.15, 0.2) is 0 Å². The van der Waals surface area contributed by atoms with Gasteiger partial charge in [0, 0.05) is 0 Å². The maximum absolute atomic E-state index is 11.3. The van der Waals surface area contributed by atoms with Crippen molar-refractivity contribution in [1.82, 2.24) is 0 Å². The summed E-state index contributed by atoms with van der Waals surface area (Å²) >= 11 is 0. The summed E-state index contributed by atoms with van der Waals surface area (Å²) in [6.45, 7) is 0. The molecule has 2 bridgehead atoms. The molecule has 0 radical (unpaired) electrons. The van der Waals surface area contributed by atoms with E-state index in [0.29, 0.717) is 18.4 Å². The van der Waals surface area contributed by atoms with E-state index in [1.165, 1.54) is 6.07 Å². The highest BCUT2D eigenvalue weighted by Gasteiger charge is 2.22. The Labute approximate surface area is 98.9 Å². The molecule has 1 aliphatic carbocycles. The number of rotatable bonds is 2. The van der Waals surface area contributed by atoms with Crippen molar-refractivity contribution in [3.05, 3.63) is 34.4 Å². The summed E-state index contributed by atoms with van der Waals surface area (Å²) in [5.41, 5.74) is 1.59. The third-order valence-corrected chi connectivity index (χ3v) is 3.22. The second-order valence-corrected chi connectivity index (χ2v) is 4.30. The Bertz CT molecular complexity index is 477. The number of carboxylic acids is 2. The van der Waals surface area contributed by atoms with Crippen molar-refractivity contribution in [3.8, 4) is 0 Å². The highest BCUT2D eigenvalue weighted by molar-refractivity contribution is 5.97. The quantitative estimate of drug-likeness (QED) is 0.823. The van der Waals surface area contributed by atoms with Crippen LogP contribution in [0.2, 0.25) is 0 Å². The van der Waals surface area contributed by atoms with Gasteiger partial charge in [0.05, 0.1) is 11.1 Å². The lowest BCUT2D eigenvalue weighted by Crippen LogP contribution is -2.15. The van der Waals surface area contributed by atoms with E-state index in [-0.39, 0.29) is 11.1 Å². The van der Waals surface area contributed by atoms with Crippen molar-refractivity contribution >= 4 is 11.9 Å². The summed E-state index contributed by atoms with van der Waals surface area (Å²) in [6.07, 6.45) is 4.09. The van der Waals surface area contributed by atoms with Gasteiger partial charge in [-0.3, -0.25) is 0 Å². The SMILES string of the molecule is O=C(O)c1ccc2c(C(=O)O)c1CCCCC2. The summed E-state index contributed by atoms with van der Waals surface area (Å²) in [5.74, 6) is -2.06. The van der Waals surface area contributed by atoms with Crippen molar-refractivity contribution in [1.29, 1.82) is 0 Å². The highest BCUT2D eigenvalue weighted by atomic mass is 16.4. The van der Waals surface area contributed by atoms with Crippen LogP contribution in [0.3, 0.4) is 0 Å². The molecule has 0 amide bonds. The second-order valence-electron chi connectivity index (χ2n) is 4.30. The minimum absolute atomic E-state index is 0.132. The first-order chi connectivity index (χ1) is 8.11. The Morgan fingerprint density at radius 1 is 0.941 bits per heavy atom. The first-order valence-electron chi connectivity index (χ1n) is 5.72. The van der Waals surface area contributed by atoms with E-state index < -0.39 is 11.9 Å². The zero-order chi connectivity index (χ0) is 12.4. The van der Waals surface area contributed by atoms with E-state index in [1.54, 1.807) is 6.07 Å². The van der Waals surface area contributed by atoms with Crippen LogP contribution in [0.5, 0.6) is 0 Å². The molecule has 2 rings (SSSR count). The molecule has 2 N–H and O–H groups in total. The molecule has 0 atom stereocenters. The predicted octanol–water partition coefficient (Wildman–Crippen LogP) is 2.35. The Morgan fingerprint density at radius 3 is 2.29 bits per heavy atom. The second kappa shape index (κ2) is 4.57. The first-order valence-corrected chi connectivity index (χ1v) is 5.72. The van der Waals surface area contributed by atoms with E-state index in [1.807, 2.05) is 0 Å². The Kier molecular flexibility index (Phi) is 3.13. The van der Waals surface area contributed by atoms with Crippen molar-refractivity contribution in [3.63, 3.8) is 0 Å². The van der Waals surface area contributed by atoms with Gasteiger partial charge in [-0.05, 0) is 42.9 Å². The number of carbonyl (C=O) groups is 2. The zero-order valence-electron chi connectivity index (χ0n) is 9.40. The molecular weight excluding hydrogens is 220 g/mol. The predicted molar refractivity (Wildman–Crippen MR) is 61.6 cm³/mol. The molecule has 0 fully saturated rings. The monoisotopic (exact) mass is 234 g/mol. The summed E-state index contributed by atoms with van der Waals surface area (Å²) in [7, 11) is 0. The Hall–Kier alpha value is -1.84. The Morgan fingerprint density at radius 2 is 1.65 bits per heavy atom. The van der Waals surface area contributed by atoms with Crippen LogP contribution in [0.4, 0.5) is 0 Å². The summed E-state index contributed by atoms with van der Waals surface area (Å²) in [4.78, 5) is 22.4. The molecule has 0 aromatic heterocycles. The van der Waals surface area contributed by atoms with Crippen LogP contribution < -0.4 is 0 Å². The number of benzene rings is 1. The van der Waals surface area contributed by atoms with Gasteiger partial charge in [-0.2, -0.15) is 0 Å². The molecule has 0 heterocycles. The van der Waals surface area contributed by atoms with Gasteiger partial charge in [-0.15, -0.1) is 0 Å². The summed E-state index contributed by atoms with van der Waals surface area (Å²) in [6, 6.07) is 3.17. The third-order valence-electron chi connectivity index (χ3n) is 3.22. The molecule has 0 unspecified atom stereocenters. The van der Waals surface area contributed by atoms with Crippen molar-refractivity contribution in [2.75, 3.05) is 0 Å².